The van der Waals surface area contributed by atoms with Crippen LogP contribution < -0.4 is 5.32 Å². The molecule has 0 spiro atoms. The zero-order chi connectivity index (χ0) is 11.9. The maximum absolute atomic E-state index is 12.1. The lowest BCUT2D eigenvalue weighted by atomic mass is 10.1. The van der Waals surface area contributed by atoms with E-state index in [0.717, 1.165) is 0 Å². The Morgan fingerprint density at radius 3 is 2.53 bits per heavy atom. The molecule has 0 amide bonds. The Labute approximate surface area is 85.4 Å². The predicted octanol–water partition coefficient (Wildman–Crippen LogP) is 0.876. The second-order valence-corrected chi connectivity index (χ2v) is 2.98. The number of hydrogen-bond donors (Lipinski definition) is 2. The highest BCUT2D eigenvalue weighted by atomic mass is 19.4. The first-order valence-electron chi connectivity index (χ1n) is 4.38. The number of ether oxygens (including phenoxy) is 1. The Hall–Kier alpha value is -0.820. The summed E-state index contributed by atoms with van der Waals surface area (Å²) >= 11 is 0. The molecule has 1 atom stereocenters. The number of rotatable bonds is 7. The normalized spacial score (nSPS) is 13.9. The third-order valence-electron chi connectivity index (χ3n) is 1.74. The van der Waals surface area contributed by atoms with Crippen molar-refractivity contribution < 1.29 is 27.8 Å². The van der Waals surface area contributed by atoms with Crippen LogP contribution in [0.3, 0.4) is 0 Å². The number of carbonyl (C=O) groups is 1. The highest BCUT2D eigenvalue weighted by molar-refractivity contribution is 5.71. The summed E-state index contributed by atoms with van der Waals surface area (Å²) in [5, 5.41) is 10.8. The van der Waals surface area contributed by atoms with Crippen LogP contribution >= 0.6 is 0 Å². The Balaban J connectivity index is 3.84. The SMILES string of the molecule is COCCCNCC(C(=O)O)C(F)(F)F. The second-order valence-electron chi connectivity index (χ2n) is 2.98. The number of carboxylic acid groups (broad SMARTS) is 1. The van der Waals surface area contributed by atoms with Gasteiger partial charge in [0.2, 0.25) is 0 Å². The molecule has 2 N–H and O–H groups in total. The van der Waals surface area contributed by atoms with E-state index in [2.05, 4.69) is 10.1 Å². The van der Waals surface area contributed by atoms with Crippen LogP contribution in [-0.2, 0) is 9.53 Å². The second kappa shape index (κ2) is 6.62. The van der Waals surface area contributed by atoms with Crippen molar-refractivity contribution in [3.8, 4) is 0 Å². The molecule has 1 unspecified atom stereocenters. The molecular weight excluding hydrogens is 215 g/mol. The van der Waals surface area contributed by atoms with Crippen LogP contribution in [0.5, 0.6) is 0 Å². The minimum absolute atomic E-state index is 0.299. The maximum Gasteiger partial charge on any atom is 0.403 e. The van der Waals surface area contributed by atoms with Gasteiger partial charge in [0.25, 0.3) is 0 Å². The van der Waals surface area contributed by atoms with Gasteiger partial charge in [-0.2, -0.15) is 13.2 Å². The number of carboxylic acids is 1. The first-order valence-corrected chi connectivity index (χ1v) is 4.38. The first kappa shape index (κ1) is 14.2. The van der Waals surface area contributed by atoms with Gasteiger partial charge < -0.3 is 15.2 Å². The van der Waals surface area contributed by atoms with E-state index in [9.17, 15) is 18.0 Å². The highest BCUT2D eigenvalue weighted by Crippen LogP contribution is 2.25. The Morgan fingerprint density at radius 2 is 2.13 bits per heavy atom. The van der Waals surface area contributed by atoms with Crippen molar-refractivity contribution in [1.29, 1.82) is 0 Å². The molecule has 0 aliphatic rings. The maximum atomic E-state index is 12.1. The van der Waals surface area contributed by atoms with Gasteiger partial charge in [0, 0.05) is 20.3 Å². The van der Waals surface area contributed by atoms with E-state index in [-0.39, 0.29) is 0 Å². The molecule has 4 nitrogen and oxygen atoms in total. The molecule has 0 aromatic rings. The van der Waals surface area contributed by atoms with Crippen LogP contribution in [0.2, 0.25) is 0 Å². The zero-order valence-corrected chi connectivity index (χ0v) is 8.30. The van der Waals surface area contributed by atoms with Gasteiger partial charge in [-0.25, -0.2) is 0 Å². The van der Waals surface area contributed by atoms with E-state index in [1.807, 2.05) is 0 Å². The fraction of sp³-hybridized carbons (Fsp3) is 0.875. The van der Waals surface area contributed by atoms with Crippen molar-refractivity contribution in [2.75, 3.05) is 26.8 Å². The number of hydrogen-bond acceptors (Lipinski definition) is 3. The number of aliphatic carboxylic acids is 1. The zero-order valence-electron chi connectivity index (χ0n) is 8.30. The third kappa shape index (κ3) is 6.29. The standard InChI is InChI=1S/C8H14F3NO3/c1-15-4-2-3-12-5-6(7(13)14)8(9,10)11/h6,12H,2-5H2,1H3,(H,13,14). The van der Waals surface area contributed by atoms with Gasteiger partial charge in [-0.3, -0.25) is 4.79 Å². The van der Waals surface area contributed by atoms with E-state index in [0.29, 0.717) is 19.6 Å². The molecular formula is C8H14F3NO3. The summed E-state index contributed by atoms with van der Waals surface area (Å²) in [6, 6.07) is 0. The van der Waals surface area contributed by atoms with Gasteiger partial charge in [-0.1, -0.05) is 0 Å². The van der Waals surface area contributed by atoms with Gasteiger partial charge in [0.15, 0.2) is 5.92 Å². The Bertz CT molecular complexity index is 196. The number of halogens is 3. The van der Waals surface area contributed by atoms with Gasteiger partial charge in [-0.05, 0) is 13.0 Å². The minimum atomic E-state index is -4.71. The molecule has 0 aliphatic carbocycles. The highest BCUT2D eigenvalue weighted by Gasteiger charge is 2.44. The average Bonchev–Trinajstić information content (AvgIpc) is 2.08. The van der Waals surface area contributed by atoms with Gasteiger partial charge in [-0.15, -0.1) is 0 Å². The molecule has 0 saturated carbocycles. The van der Waals surface area contributed by atoms with E-state index in [4.69, 9.17) is 5.11 Å². The fourth-order valence-corrected chi connectivity index (χ4v) is 0.931. The predicted molar refractivity (Wildman–Crippen MR) is 46.5 cm³/mol. The van der Waals surface area contributed by atoms with Gasteiger partial charge in [0.1, 0.15) is 0 Å². The van der Waals surface area contributed by atoms with Gasteiger partial charge >= 0.3 is 12.1 Å². The summed E-state index contributed by atoms with van der Waals surface area (Å²) in [4.78, 5) is 10.3. The lowest BCUT2D eigenvalue weighted by Gasteiger charge is -2.16. The molecule has 0 aliphatic heterocycles. The molecule has 0 radical (unpaired) electrons. The van der Waals surface area contributed by atoms with Crippen molar-refractivity contribution in [2.24, 2.45) is 5.92 Å². The minimum Gasteiger partial charge on any atom is -0.481 e. The lowest BCUT2D eigenvalue weighted by Crippen LogP contribution is -2.39. The molecule has 0 aromatic carbocycles. The van der Waals surface area contributed by atoms with E-state index in [1.54, 1.807) is 0 Å². The van der Waals surface area contributed by atoms with E-state index >= 15 is 0 Å². The van der Waals surface area contributed by atoms with Crippen LogP contribution in [0, 0.1) is 5.92 Å². The summed E-state index contributed by atoms with van der Waals surface area (Å²) < 4.78 is 41.0. The van der Waals surface area contributed by atoms with Crippen LogP contribution in [0.4, 0.5) is 13.2 Å². The molecule has 0 heterocycles. The largest absolute Gasteiger partial charge is 0.481 e. The molecule has 7 heteroatoms. The smallest absolute Gasteiger partial charge is 0.403 e. The Kier molecular flexibility index (Phi) is 6.26. The van der Waals surface area contributed by atoms with Gasteiger partial charge in [0.05, 0.1) is 0 Å². The van der Waals surface area contributed by atoms with Crippen molar-refractivity contribution in [2.45, 2.75) is 12.6 Å². The molecule has 0 saturated heterocycles. The molecule has 90 valence electrons. The summed E-state index contributed by atoms with van der Waals surface area (Å²) in [7, 11) is 1.48. The topological polar surface area (TPSA) is 58.6 Å². The third-order valence-corrected chi connectivity index (χ3v) is 1.74. The summed E-state index contributed by atoms with van der Waals surface area (Å²) in [6.07, 6.45) is -4.17. The van der Waals surface area contributed by atoms with Crippen molar-refractivity contribution in [3.05, 3.63) is 0 Å². The fourth-order valence-electron chi connectivity index (χ4n) is 0.931. The van der Waals surface area contributed by atoms with Crippen molar-refractivity contribution in [3.63, 3.8) is 0 Å². The van der Waals surface area contributed by atoms with E-state index in [1.165, 1.54) is 7.11 Å². The van der Waals surface area contributed by atoms with Crippen LogP contribution in [-0.4, -0.2) is 44.1 Å². The molecule has 0 fully saturated rings. The van der Waals surface area contributed by atoms with Crippen LogP contribution in [0.1, 0.15) is 6.42 Å². The van der Waals surface area contributed by atoms with Crippen molar-refractivity contribution in [1.82, 2.24) is 5.32 Å². The Morgan fingerprint density at radius 1 is 1.53 bits per heavy atom. The van der Waals surface area contributed by atoms with Crippen LogP contribution in [0.15, 0.2) is 0 Å². The van der Waals surface area contributed by atoms with Crippen LogP contribution in [0.25, 0.3) is 0 Å². The summed E-state index contributed by atoms with van der Waals surface area (Å²) in [6.45, 7) is 0.118. The molecule has 0 aromatic heterocycles. The number of methoxy groups -OCH3 is 1. The monoisotopic (exact) mass is 229 g/mol. The molecule has 0 bridgehead atoms. The molecule has 0 rings (SSSR count). The number of alkyl halides is 3. The summed E-state index contributed by atoms with van der Waals surface area (Å²) in [5.41, 5.74) is 0. The molecule has 15 heavy (non-hydrogen) atoms. The number of nitrogens with one attached hydrogen (secondary N) is 1. The first-order chi connectivity index (χ1) is 6.89. The average molecular weight is 229 g/mol. The lowest BCUT2D eigenvalue weighted by molar-refractivity contribution is -0.192. The van der Waals surface area contributed by atoms with E-state index < -0.39 is 24.6 Å². The summed E-state index contributed by atoms with van der Waals surface area (Å²) in [5.74, 6) is -4.21. The van der Waals surface area contributed by atoms with Crippen molar-refractivity contribution >= 4 is 5.97 Å². The quantitative estimate of drug-likeness (QED) is 0.636.